The first-order chi connectivity index (χ1) is 6.77. The summed E-state index contributed by atoms with van der Waals surface area (Å²) in [7, 11) is 0. The second-order valence-corrected chi connectivity index (χ2v) is 4.11. The molecule has 1 heterocycles. The fourth-order valence-electron chi connectivity index (χ4n) is 1.69. The van der Waals surface area contributed by atoms with Gasteiger partial charge in [0, 0.05) is 18.0 Å². The Labute approximate surface area is 90.1 Å². The van der Waals surface area contributed by atoms with Crippen LogP contribution in [0, 0.1) is 6.92 Å². The average Bonchev–Trinajstić information content (AvgIpc) is 2.19. The van der Waals surface area contributed by atoms with Crippen LogP contribution in [-0.4, -0.2) is 19.7 Å². The van der Waals surface area contributed by atoms with Gasteiger partial charge in [-0.15, -0.1) is 12.6 Å². The van der Waals surface area contributed by atoms with Gasteiger partial charge in [-0.3, -0.25) is 0 Å². The lowest BCUT2D eigenvalue weighted by Gasteiger charge is -2.25. The molecule has 1 unspecified atom stereocenters. The maximum atomic E-state index is 5.67. The van der Waals surface area contributed by atoms with Gasteiger partial charge in [0.2, 0.25) is 0 Å². The van der Waals surface area contributed by atoms with Crippen LogP contribution in [0.15, 0.2) is 23.1 Å². The molecule has 1 saturated heterocycles. The van der Waals surface area contributed by atoms with Crippen LogP contribution in [0.3, 0.4) is 0 Å². The molecule has 76 valence electrons. The Morgan fingerprint density at radius 1 is 1.50 bits per heavy atom. The fourth-order valence-corrected chi connectivity index (χ4v) is 2.11. The zero-order chi connectivity index (χ0) is 9.97. The van der Waals surface area contributed by atoms with Crippen molar-refractivity contribution in [3.63, 3.8) is 0 Å². The molecule has 1 aliphatic rings. The molecule has 14 heavy (non-hydrogen) atoms. The van der Waals surface area contributed by atoms with Gasteiger partial charge in [0.1, 0.15) is 0 Å². The van der Waals surface area contributed by atoms with E-state index in [1.807, 2.05) is 0 Å². The Morgan fingerprint density at radius 3 is 3.00 bits per heavy atom. The number of hydrogen-bond donors (Lipinski definition) is 2. The summed E-state index contributed by atoms with van der Waals surface area (Å²) in [5, 5.41) is 3.32. The van der Waals surface area contributed by atoms with Gasteiger partial charge >= 0.3 is 0 Å². The minimum atomic E-state index is 0.164. The predicted octanol–water partition coefficient (Wildman–Crippen LogP) is 1.94. The van der Waals surface area contributed by atoms with Gasteiger partial charge < -0.3 is 10.1 Å². The van der Waals surface area contributed by atoms with E-state index in [2.05, 4.69) is 43.1 Å². The van der Waals surface area contributed by atoms with Gasteiger partial charge in [-0.25, -0.2) is 0 Å². The van der Waals surface area contributed by atoms with Gasteiger partial charge in [-0.2, -0.15) is 0 Å². The Balaban J connectivity index is 2.22. The third-order valence-electron chi connectivity index (χ3n) is 2.46. The number of thiol groups is 1. The molecule has 1 atom stereocenters. The van der Waals surface area contributed by atoms with Crippen molar-refractivity contribution < 1.29 is 4.74 Å². The maximum absolute atomic E-state index is 5.67. The van der Waals surface area contributed by atoms with Gasteiger partial charge in [0.05, 0.1) is 12.7 Å². The van der Waals surface area contributed by atoms with E-state index in [1.54, 1.807) is 0 Å². The van der Waals surface area contributed by atoms with Crippen molar-refractivity contribution in [2.45, 2.75) is 17.9 Å². The highest BCUT2D eigenvalue weighted by molar-refractivity contribution is 7.80. The lowest BCUT2D eigenvalue weighted by molar-refractivity contribution is 0.0261. The first-order valence-electron chi connectivity index (χ1n) is 4.89. The van der Waals surface area contributed by atoms with Gasteiger partial charge in [0.15, 0.2) is 0 Å². The normalized spacial score (nSPS) is 22.3. The average molecular weight is 209 g/mol. The van der Waals surface area contributed by atoms with Crippen molar-refractivity contribution in [1.82, 2.24) is 5.32 Å². The first kappa shape index (κ1) is 10.0. The van der Waals surface area contributed by atoms with Crippen molar-refractivity contribution in [3.05, 3.63) is 29.3 Å². The number of ether oxygens (including phenoxy) is 1. The zero-order valence-corrected chi connectivity index (χ0v) is 9.18. The molecular weight excluding hydrogens is 194 g/mol. The molecule has 0 aliphatic carbocycles. The van der Waals surface area contributed by atoms with E-state index in [1.165, 1.54) is 11.1 Å². The molecule has 0 radical (unpaired) electrons. The van der Waals surface area contributed by atoms with Gasteiger partial charge in [0.25, 0.3) is 0 Å². The first-order valence-corrected chi connectivity index (χ1v) is 5.34. The van der Waals surface area contributed by atoms with Crippen LogP contribution in [0.25, 0.3) is 0 Å². The number of nitrogens with one attached hydrogen (secondary N) is 1. The van der Waals surface area contributed by atoms with Crippen LogP contribution in [0.2, 0.25) is 0 Å². The van der Waals surface area contributed by atoms with Crippen LogP contribution in [0.1, 0.15) is 17.2 Å². The lowest BCUT2D eigenvalue weighted by atomic mass is 10.1. The van der Waals surface area contributed by atoms with Crippen LogP contribution < -0.4 is 5.32 Å². The van der Waals surface area contributed by atoms with E-state index in [0.29, 0.717) is 0 Å². The van der Waals surface area contributed by atoms with Crippen molar-refractivity contribution in [3.8, 4) is 0 Å². The topological polar surface area (TPSA) is 21.3 Å². The summed E-state index contributed by atoms with van der Waals surface area (Å²) in [6, 6.07) is 6.29. The molecule has 0 aromatic heterocycles. The Bertz CT molecular complexity index is 321. The van der Waals surface area contributed by atoms with Crippen molar-refractivity contribution in [2.75, 3.05) is 19.7 Å². The number of benzene rings is 1. The van der Waals surface area contributed by atoms with E-state index in [0.717, 1.165) is 24.6 Å². The second-order valence-electron chi connectivity index (χ2n) is 3.63. The molecule has 1 aromatic carbocycles. The van der Waals surface area contributed by atoms with Gasteiger partial charge in [-0.1, -0.05) is 17.7 Å². The summed E-state index contributed by atoms with van der Waals surface area (Å²) in [6.07, 6.45) is 0.164. The molecule has 1 fully saturated rings. The van der Waals surface area contributed by atoms with E-state index in [4.69, 9.17) is 4.74 Å². The third-order valence-corrected chi connectivity index (χ3v) is 2.85. The molecule has 1 aromatic rings. The maximum Gasteiger partial charge on any atom is 0.0960 e. The van der Waals surface area contributed by atoms with Crippen LogP contribution in [0.5, 0.6) is 0 Å². The summed E-state index contributed by atoms with van der Waals surface area (Å²) in [5.41, 5.74) is 2.42. The number of aryl methyl sites for hydroxylation is 1. The SMILES string of the molecule is Cc1ccc(C2CNCCO2)c(S)c1. The largest absolute Gasteiger partial charge is 0.371 e. The number of hydrogen-bond acceptors (Lipinski definition) is 3. The molecule has 2 rings (SSSR count). The van der Waals surface area contributed by atoms with Crippen LogP contribution in [0.4, 0.5) is 0 Å². The molecule has 3 heteroatoms. The van der Waals surface area contributed by atoms with E-state index in [9.17, 15) is 0 Å². The summed E-state index contributed by atoms with van der Waals surface area (Å²) in [6.45, 7) is 4.69. The molecule has 1 aliphatic heterocycles. The molecule has 0 spiro atoms. The summed E-state index contributed by atoms with van der Waals surface area (Å²) >= 11 is 4.47. The minimum Gasteiger partial charge on any atom is -0.371 e. The van der Waals surface area contributed by atoms with Crippen LogP contribution in [-0.2, 0) is 4.74 Å². The molecule has 0 amide bonds. The standard InChI is InChI=1S/C11H15NOS/c1-8-2-3-9(11(14)6-8)10-7-12-4-5-13-10/h2-3,6,10,12,14H,4-5,7H2,1H3. The highest BCUT2D eigenvalue weighted by Gasteiger charge is 2.17. The number of morpholine rings is 1. The molecule has 1 N–H and O–H groups in total. The monoisotopic (exact) mass is 209 g/mol. The Kier molecular flexibility index (Phi) is 3.11. The summed E-state index contributed by atoms with van der Waals surface area (Å²) in [5.74, 6) is 0. The highest BCUT2D eigenvalue weighted by atomic mass is 32.1. The number of rotatable bonds is 1. The van der Waals surface area contributed by atoms with Crippen molar-refractivity contribution in [2.24, 2.45) is 0 Å². The predicted molar refractivity (Wildman–Crippen MR) is 60.0 cm³/mol. The van der Waals surface area contributed by atoms with E-state index in [-0.39, 0.29) is 6.10 Å². The minimum absolute atomic E-state index is 0.164. The Hall–Kier alpha value is -0.510. The van der Waals surface area contributed by atoms with Crippen molar-refractivity contribution in [1.29, 1.82) is 0 Å². The van der Waals surface area contributed by atoms with Crippen molar-refractivity contribution >= 4 is 12.6 Å². The smallest absolute Gasteiger partial charge is 0.0960 e. The molecule has 0 saturated carbocycles. The summed E-state index contributed by atoms with van der Waals surface area (Å²) in [4.78, 5) is 1.03. The highest BCUT2D eigenvalue weighted by Crippen LogP contribution is 2.25. The van der Waals surface area contributed by atoms with E-state index >= 15 is 0 Å². The quantitative estimate of drug-likeness (QED) is 0.690. The molecule has 0 bridgehead atoms. The van der Waals surface area contributed by atoms with Gasteiger partial charge in [-0.05, 0) is 18.6 Å². The second kappa shape index (κ2) is 4.34. The summed E-state index contributed by atoms with van der Waals surface area (Å²) < 4.78 is 5.67. The molecule has 2 nitrogen and oxygen atoms in total. The lowest BCUT2D eigenvalue weighted by Crippen LogP contribution is -2.33. The fraction of sp³-hybridized carbons (Fsp3) is 0.455. The molecular formula is C11H15NOS. The zero-order valence-electron chi connectivity index (χ0n) is 8.29. The third kappa shape index (κ3) is 2.11. The Morgan fingerprint density at radius 2 is 2.36 bits per heavy atom. The van der Waals surface area contributed by atoms with Crippen LogP contribution >= 0.6 is 12.6 Å². The van der Waals surface area contributed by atoms with E-state index < -0.39 is 0 Å².